The van der Waals surface area contributed by atoms with Crippen molar-refractivity contribution in [2.45, 2.75) is 18.2 Å². The van der Waals surface area contributed by atoms with E-state index in [-0.39, 0.29) is 5.97 Å². The maximum Gasteiger partial charge on any atom is 0.306 e. The van der Waals surface area contributed by atoms with Crippen molar-refractivity contribution >= 4 is 23.4 Å². The predicted octanol–water partition coefficient (Wildman–Crippen LogP) is 2.48. The molecule has 116 valence electrons. The molecule has 0 aliphatic carbocycles. The van der Waals surface area contributed by atoms with E-state index in [1.54, 1.807) is 11.8 Å². The van der Waals surface area contributed by atoms with Crippen LogP contribution in [0.3, 0.4) is 0 Å². The topological polar surface area (TPSA) is 32.8 Å². The van der Waals surface area contributed by atoms with Gasteiger partial charge >= 0.3 is 5.97 Å². The lowest BCUT2D eigenvalue weighted by Gasteiger charge is -2.35. The summed E-state index contributed by atoms with van der Waals surface area (Å²) in [5.74, 6) is 0.620. The Hall–Kier alpha value is -1.20. The quantitative estimate of drug-likeness (QED) is 0.595. The second kappa shape index (κ2) is 8.29. The number of likely N-dealkylation sites (N-methyl/N-ethyl adjacent to an activating group) is 1. The third-order valence-corrected chi connectivity index (χ3v) is 4.84. The van der Waals surface area contributed by atoms with Gasteiger partial charge in [0.15, 0.2) is 0 Å². The molecule has 0 saturated carbocycles. The zero-order valence-electron chi connectivity index (χ0n) is 12.9. The normalized spacial score (nSPS) is 16.0. The molecule has 0 N–H and O–H groups in total. The van der Waals surface area contributed by atoms with Gasteiger partial charge in [-0.05, 0) is 30.8 Å². The summed E-state index contributed by atoms with van der Waals surface area (Å²) < 4.78 is 4.64. The number of hydrogen-bond donors (Lipinski definition) is 0. The minimum absolute atomic E-state index is 0.145. The minimum atomic E-state index is -0.145. The van der Waals surface area contributed by atoms with E-state index in [4.69, 9.17) is 0 Å². The number of carbonyl (C=O) groups excluding carboxylic acids is 1. The van der Waals surface area contributed by atoms with Crippen molar-refractivity contribution in [1.82, 2.24) is 4.90 Å². The summed E-state index contributed by atoms with van der Waals surface area (Å²) >= 11 is 1.70. The monoisotopic (exact) mass is 308 g/mol. The Morgan fingerprint density at radius 3 is 2.43 bits per heavy atom. The van der Waals surface area contributed by atoms with Crippen LogP contribution in [-0.2, 0) is 9.53 Å². The summed E-state index contributed by atoms with van der Waals surface area (Å²) in [7, 11) is 1.43. The average Bonchev–Trinajstić information content (AvgIpc) is 2.55. The highest BCUT2D eigenvalue weighted by atomic mass is 32.2. The lowest BCUT2D eigenvalue weighted by atomic mass is 10.2. The number of methoxy groups -OCH3 is 1. The number of nitrogens with zero attached hydrogens (tertiary/aromatic N) is 2. The van der Waals surface area contributed by atoms with Gasteiger partial charge in [-0.2, -0.15) is 0 Å². The smallest absolute Gasteiger partial charge is 0.306 e. The van der Waals surface area contributed by atoms with Gasteiger partial charge in [-0.1, -0.05) is 6.92 Å². The number of thioether (sulfide) groups is 1. The number of benzene rings is 1. The molecule has 0 atom stereocenters. The Balaban J connectivity index is 1.80. The standard InChI is InChI=1S/C16H24N2O2S/c1-3-17-9-11-18(12-10-17)14-4-6-15(7-5-14)21-13-8-16(19)20-2/h4-7H,3,8-13H2,1-2H3. The van der Waals surface area contributed by atoms with E-state index in [1.807, 2.05) is 0 Å². The van der Waals surface area contributed by atoms with Gasteiger partial charge in [0.25, 0.3) is 0 Å². The van der Waals surface area contributed by atoms with Gasteiger partial charge in [-0.15, -0.1) is 11.8 Å². The van der Waals surface area contributed by atoms with Crippen LogP contribution < -0.4 is 4.90 Å². The molecule has 1 aliphatic heterocycles. The number of carbonyl (C=O) groups is 1. The summed E-state index contributed by atoms with van der Waals surface area (Å²) in [5.41, 5.74) is 1.29. The van der Waals surface area contributed by atoms with Crippen LogP contribution in [0.5, 0.6) is 0 Å². The summed E-state index contributed by atoms with van der Waals surface area (Å²) in [6, 6.07) is 8.65. The van der Waals surface area contributed by atoms with E-state index >= 15 is 0 Å². The Labute approximate surface area is 131 Å². The van der Waals surface area contributed by atoms with Crippen LogP contribution in [0, 0.1) is 0 Å². The van der Waals surface area contributed by atoms with Gasteiger partial charge in [-0.3, -0.25) is 4.79 Å². The SMILES string of the molecule is CCN1CCN(c2ccc(SCCC(=O)OC)cc2)CC1. The lowest BCUT2D eigenvalue weighted by molar-refractivity contribution is -0.140. The van der Waals surface area contributed by atoms with E-state index < -0.39 is 0 Å². The van der Waals surface area contributed by atoms with Gasteiger partial charge in [0, 0.05) is 42.5 Å². The maximum atomic E-state index is 11.1. The number of ether oxygens (including phenoxy) is 1. The van der Waals surface area contributed by atoms with E-state index in [0.717, 1.165) is 38.5 Å². The van der Waals surface area contributed by atoms with Crippen molar-refractivity contribution in [2.75, 3.05) is 50.5 Å². The molecule has 1 aliphatic rings. The first kappa shape index (κ1) is 16.2. The zero-order valence-corrected chi connectivity index (χ0v) is 13.7. The highest BCUT2D eigenvalue weighted by Gasteiger charge is 2.15. The minimum Gasteiger partial charge on any atom is -0.469 e. The summed E-state index contributed by atoms with van der Waals surface area (Å²) in [6.07, 6.45) is 0.460. The molecular weight excluding hydrogens is 284 g/mol. The highest BCUT2D eigenvalue weighted by molar-refractivity contribution is 7.99. The number of esters is 1. The maximum absolute atomic E-state index is 11.1. The van der Waals surface area contributed by atoms with Gasteiger partial charge in [0.2, 0.25) is 0 Å². The molecule has 0 unspecified atom stereocenters. The van der Waals surface area contributed by atoms with Crippen molar-refractivity contribution in [1.29, 1.82) is 0 Å². The molecular formula is C16H24N2O2S. The van der Waals surface area contributed by atoms with Crippen LogP contribution in [0.1, 0.15) is 13.3 Å². The number of rotatable bonds is 6. The molecule has 1 saturated heterocycles. The van der Waals surface area contributed by atoms with Gasteiger partial charge in [-0.25, -0.2) is 0 Å². The fourth-order valence-electron chi connectivity index (χ4n) is 2.43. The molecule has 21 heavy (non-hydrogen) atoms. The molecule has 1 heterocycles. The zero-order chi connectivity index (χ0) is 15.1. The third kappa shape index (κ3) is 4.93. The van der Waals surface area contributed by atoms with Crippen LogP contribution in [-0.4, -0.2) is 56.5 Å². The van der Waals surface area contributed by atoms with Crippen molar-refractivity contribution in [2.24, 2.45) is 0 Å². The highest BCUT2D eigenvalue weighted by Crippen LogP contribution is 2.23. The summed E-state index contributed by atoms with van der Waals surface area (Å²) in [5, 5.41) is 0. The van der Waals surface area contributed by atoms with Crippen LogP contribution in [0.2, 0.25) is 0 Å². The Morgan fingerprint density at radius 2 is 1.86 bits per heavy atom. The fourth-order valence-corrected chi connectivity index (χ4v) is 3.26. The summed E-state index contributed by atoms with van der Waals surface area (Å²) in [6.45, 7) is 7.85. The van der Waals surface area contributed by atoms with E-state index in [9.17, 15) is 4.79 Å². The van der Waals surface area contributed by atoms with Crippen molar-refractivity contribution in [3.63, 3.8) is 0 Å². The van der Waals surface area contributed by atoms with E-state index in [1.165, 1.54) is 17.7 Å². The fraction of sp³-hybridized carbons (Fsp3) is 0.562. The average molecular weight is 308 g/mol. The molecule has 0 spiro atoms. The predicted molar refractivity (Wildman–Crippen MR) is 88.1 cm³/mol. The number of anilines is 1. The van der Waals surface area contributed by atoms with Gasteiger partial charge in [0.1, 0.15) is 0 Å². The largest absolute Gasteiger partial charge is 0.469 e. The van der Waals surface area contributed by atoms with Crippen LogP contribution in [0.4, 0.5) is 5.69 Å². The van der Waals surface area contributed by atoms with Crippen LogP contribution >= 0.6 is 11.8 Å². The number of hydrogen-bond acceptors (Lipinski definition) is 5. The van der Waals surface area contributed by atoms with E-state index in [2.05, 4.69) is 45.7 Å². The Morgan fingerprint density at radius 1 is 1.19 bits per heavy atom. The van der Waals surface area contributed by atoms with Gasteiger partial charge in [0.05, 0.1) is 13.5 Å². The number of piperazine rings is 1. The Bertz CT molecular complexity index is 442. The first-order valence-electron chi connectivity index (χ1n) is 7.50. The third-order valence-electron chi connectivity index (χ3n) is 3.82. The van der Waals surface area contributed by atoms with Crippen molar-refractivity contribution in [3.8, 4) is 0 Å². The Kier molecular flexibility index (Phi) is 6.39. The molecule has 0 amide bonds. The first-order valence-corrected chi connectivity index (χ1v) is 8.48. The van der Waals surface area contributed by atoms with Crippen LogP contribution in [0.25, 0.3) is 0 Å². The molecule has 1 fully saturated rings. The van der Waals surface area contributed by atoms with Crippen LogP contribution in [0.15, 0.2) is 29.2 Å². The molecule has 2 rings (SSSR count). The molecule has 4 nitrogen and oxygen atoms in total. The molecule has 5 heteroatoms. The van der Waals surface area contributed by atoms with Gasteiger partial charge < -0.3 is 14.5 Å². The second-order valence-corrected chi connectivity index (χ2v) is 6.26. The molecule has 1 aromatic carbocycles. The molecule has 1 aromatic rings. The second-order valence-electron chi connectivity index (χ2n) is 5.09. The summed E-state index contributed by atoms with van der Waals surface area (Å²) in [4.78, 5) is 17.2. The lowest BCUT2D eigenvalue weighted by Crippen LogP contribution is -2.46. The van der Waals surface area contributed by atoms with E-state index in [0.29, 0.717) is 6.42 Å². The first-order chi connectivity index (χ1) is 10.2. The molecule has 0 aromatic heterocycles. The van der Waals surface area contributed by atoms with Crippen molar-refractivity contribution in [3.05, 3.63) is 24.3 Å². The molecule has 0 radical (unpaired) electrons. The molecule has 0 bridgehead atoms. The van der Waals surface area contributed by atoms with Crippen molar-refractivity contribution < 1.29 is 9.53 Å².